The first-order chi connectivity index (χ1) is 15.7. The van der Waals surface area contributed by atoms with E-state index in [1.165, 1.54) is 38.5 Å². The zero-order valence-electron chi connectivity index (χ0n) is 23.4. The molecule has 2 N–H and O–H groups in total. The maximum Gasteiger partial charge on any atom is 0.0657 e. The van der Waals surface area contributed by atoms with Crippen molar-refractivity contribution in [1.82, 2.24) is 0 Å². The van der Waals surface area contributed by atoms with Crippen LogP contribution >= 0.6 is 0 Å². The smallest absolute Gasteiger partial charge is 0.0657 e. The van der Waals surface area contributed by atoms with E-state index in [-0.39, 0.29) is 0 Å². The molecule has 4 saturated carbocycles. The average Bonchev–Trinajstić information content (AvgIpc) is 3.09. The second-order valence-corrected chi connectivity index (χ2v) is 15.7. The number of rotatable bonds is 3. The maximum atomic E-state index is 11.5. The molecule has 0 radical (unpaired) electrons. The molecule has 0 amide bonds. The van der Waals surface area contributed by atoms with E-state index in [0.29, 0.717) is 28.1 Å². The average molecular weight is 471 g/mol. The van der Waals surface area contributed by atoms with Crippen molar-refractivity contribution in [2.45, 2.75) is 137 Å². The van der Waals surface area contributed by atoms with E-state index in [1.807, 2.05) is 6.92 Å². The molecule has 5 aliphatic rings. The fraction of sp³-hybridized carbons (Fsp3) is 0.938. The van der Waals surface area contributed by atoms with Crippen molar-refractivity contribution in [3.05, 3.63) is 11.6 Å². The highest BCUT2D eigenvalue weighted by molar-refractivity contribution is 5.28. The quantitative estimate of drug-likeness (QED) is 0.411. The summed E-state index contributed by atoms with van der Waals surface area (Å²) in [5.41, 5.74) is 1.78. The Labute approximate surface area is 210 Å². The first-order valence-electron chi connectivity index (χ1n) is 14.8. The van der Waals surface area contributed by atoms with Gasteiger partial charge < -0.3 is 10.2 Å². The summed E-state index contributed by atoms with van der Waals surface area (Å²) in [5.74, 6) is 4.41. The van der Waals surface area contributed by atoms with Gasteiger partial charge in [-0.05, 0) is 136 Å². The fourth-order valence-electron chi connectivity index (χ4n) is 10.5. The summed E-state index contributed by atoms with van der Waals surface area (Å²) in [5, 5.41) is 22.3. The van der Waals surface area contributed by atoms with Gasteiger partial charge in [0.15, 0.2) is 0 Å². The highest BCUT2D eigenvalue weighted by Crippen LogP contribution is 2.69. The molecule has 0 bridgehead atoms. The van der Waals surface area contributed by atoms with E-state index in [1.54, 1.807) is 5.57 Å². The van der Waals surface area contributed by atoms with Gasteiger partial charge >= 0.3 is 0 Å². The van der Waals surface area contributed by atoms with Crippen LogP contribution in [0.5, 0.6) is 0 Å². The summed E-state index contributed by atoms with van der Waals surface area (Å²) in [6, 6.07) is 0. The lowest BCUT2D eigenvalue weighted by Gasteiger charge is -2.61. The predicted octanol–water partition coefficient (Wildman–Crippen LogP) is 7.92. The lowest BCUT2D eigenvalue weighted by molar-refractivity contribution is -0.0928. The van der Waals surface area contributed by atoms with E-state index < -0.39 is 11.2 Å². The van der Waals surface area contributed by atoms with Gasteiger partial charge in [0.1, 0.15) is 0 Å². The Balaban J connectivity index is 1.35. The molecule has 0 aromatic carbocycles. The van der Waals surface area contributed by atoms with E-state index in [0.717, 1.165) is 62.2 Å². The zero-order chi connectivity index (χ0) is 24.7. The molecule has 0 aromatic heterocycles. The number of fused-ring (bicyclic) bond motifs is 5. The lowest BCUT2D eigenvalue weighted by atomic mass is 9.44. The Hall–Kier alpha value is -0.340. The van der Waals surface area contributed by atoms with Crippen LogP contribution in [-0.4, -0.2) is 21.4 Å². The van der Waals surface area contributed by atoms with Crippen LogP contribution in [0.1, 0.15) is 126 Å². The van der Waals surface area contributed by atoms with Crippen molar-refractivity contribution < 1.29 is 10.2 Å². The van der Waals surface area contributed by atoms with Gasteiger partial charge in [0, 0.05) is 0 Å². The largest absolute Gasteiger partial charge is 0.390 e. The van der Waals surface area contributed by atoms with Crippen molar-refractivity contribution in [1.29, 1.82) is 0 Å². The molecule has 2 nitrogen and oxygen atoms in total. The number of hydrogen-bond acceptors (Lipinski definition) is 2. The molecule has 34 heavy (non-hydrogen) atoms. The number of hydrogen-bond donors (Lipinski definition) is 2. The number of aliphatic hydroxyl groups is 2. The second kappa shape index (κ2) is 8.08. The first kappa shape index (κ1) is 25.3. The fourth-order valence-corrected chi connectivity index (χ4v) is 10.5. The van der Waals surface area contributed by atoms with Gasteiger partial charge in [-0.3, -0.25) is 0 Å². The Bertz CT molecular complexity index is 813. The van der Waals surface area contributed by atoms with Crippen molar-refractivity contribution in [3.63, 3.8) is 0 Å². The Morgan fingerprint density at radius 3 is 2.21 bits per heavy atom. The topological polar surface area (TPSA) is 40.5 Å². The van der Waals surface area contributed by atoms with E-state index in [2.05, 4.69) is 47.6 Å². The summed E-state index contributed by atoms with van der Waals surface area (Å²) in [7, 11) is 0. The van der Waals surface area contributed by atoms with Crippen LogP contribution in [0.3, 0.4) is 0 Å². The summed E-state index contributed by atoms with van der Waals surface area (Å²) >= 11 is 0. The van der Waals surface area contributed by atoms with Crippen molar-refractivity contribution in [2.24, 2.45) is 51.8 Å². The van der Waals surface area contributed by atoms with Crippen molar-refractivity contribution >= 4 is 0 Å². The molecule has 9 atom stereocenters. The van der Waals surface area contributed by atoms with Gasteiger partial charge in [-0.15, -0.1) is 0 Å². The molecule has 0 heterocycles. The second-order valence-electron chi connectivity index (χ2n) is 15.7. The third kappa shape index (κ3) is 4.06. The molecular weight excluding hydrogens is 416 g/mol. The highest BCUT2D eigenvalue weighted by atomic mass is 16.3. The highest BCUT2D eigenvalue weighted by Gasteiger charge is 2.61. The lowest BCUT2D eigenvalue weighted by Crippen LogP contribution is -2.54. The van der Waals surface area contributed by atoms with Gasteiger partial charge in [0.2, 0.25) is 0 Å². The van der Waals surface area contributed by atoms with Crippen LogP contribution in [0.25, 0.3) is 0 Å². The van der Waals surface area contributed by atoms with Crippen LogP contribution in [0.15, 0.2) is 11.6 Å². The molecule has 0 spiro atoms. The van der Waals surface area contributed by atoms with Crippen LogP contribution in [0.4, 0.5) is 0 Å². The standard InChI is InChI=1S/C32H54O2/c1-21-18-23-20-29(5,33)14-15-30(23,6)26-10-11-31(7)24(8-9-25(31)27(21)26)22(2)19-32(34)16-12-28(3,4)13-17-32/h18,21-22,24-27,33-34H,8-17,19-20H2,1-7H3/t21-,22+,24+,25-,26-,27-,29-,30-,31+/m0/s1. The van der Waals surface area contributed by atoms with Crippen molar-refractivity contribution in [2.75, 3.05) is 0 Å². The van der Waals surface area contributed by atoms with Gasteiger partial charge in [0.05, 0.1) is 11.2 Å². The van der Waals surface area contributed by atoms with Gasteiger partial charge in [-0.25, -0.2) is 0 Å². The summed E-state index contributed by atoms with van der Waals surface area (Å²) in [6.45, 7) is 17.0. The van der Waals surface area contributed by atoms with E-state index >= 15 is 0 Å². The molecule has 0 aromatic rings. The minimum atomic E-state index is -0.510. The summed E-state index contributed by atoms with van der Waals surface area (Å²) < 4.78 is 0. The minimum absolute atomic E-state index is 0.300. The van der Waals surface area contributed by atoms with Gasteiger partial charge in [-0.1, -0.05) is 53.2 Å². The Kier molecular flexibility index (Phi) is 6.01. The molecule has 0 aliphatic heterocycles. The molecule has 5 aliphatic carbocycles. The van der Waals surface area contributed by atoms with E-state index in [4.69, 9.17) is 0 Å². The molecule has 0 saturated heterocycles. The van der Waals surface area contributed by atoms with E-state index in [9.17, 15) is 10.2 Å². The molecule has 4 fully saturated rings. The normalized spacial score (nSPS) is 50.5. The summed E-state index contributed by atoms with van der Waals surface area (Å²) in [6.07, 6.45) is 16.4. The minimum Gasteiger partial charge on any atom is -0.390 e. The number of allylic oxidation sites excluding steroid dienone is 1. The predicted molar refractivity (Wildman–Crippen MR) is 141 cm³/mol. The SMILES string of the molecule is C[C@H](CC1(O)CCC(C)(C)CC1)[C@H]1CC[C@H]2[C@@H]3[C@@H](C)C=C4C[C@@](C)(O)CC[C@]4(C)[C@H]3CC[C@]12C. The molecular formula is C32H54O2. The molecule has 5 rings (SSSR count). The van der Waals surface area contributed by atoms with Crippen LogP contribution < -0.4 is 0 Å². The zero-order valence-corrected chi connectivity index (χ0v) is 23.4. The third-order valence-corrected chi connectivity index (χ3v) is 12.7. The third-order valence-electron chi connectivity index (χ3n) is 12.7. The van der Waals surface area contributed by atoms with Crippen LogP contribution in [0.2, 0.25) is 0 Å². The van der Waals surface area contributed by atoms with Crippen LogP contribution in [-0.2, 0) is 0 Å². The molecule has 194 valence electrons. The Morgan fingerprint density at radius 2 is 1.53 bits per heavy atom. The van der Waals surface area contributed by atoms with Crippen LogP contribution in [0, 0.1) is 51.8 Å². The maximum absolute atomic E-state index is 11.5. The van der Waals surface area contributed by atoms with Crippen molar-refractivity contribution in [3.8, 4) is 0 Å². The van der Waals surface area contributed by atoms with Gasteiger partial charge in [0.25, 0.3) is 0 Å². The summed E-state index contributed by atoms with van der Waals surface area (Å²) in [4.78, 5) is 0. The van der Waals surface area contributed by atoms with Gasteiger partial charge in [-0.2, -0.15) is 0 Å². The molecule has 0 unspecified atom stereocenters. The Morgan fingerprint density at radius 1 is 0.853 bits per heavy atom. The monoisotopic (exact) mass is 470 g/mol. The first-order valence-corrected chi connectivity index (χ1v) is 14.8. The molecule has 2 heteroatoms.